The lowest BCUT2D eigenvalue weighted by Gasteiger charge is -2.15. The molecule has 0 fully saturated rings. The number of anilines is 1. The molecule has 0 spiro atoms. The number of halogens is 1. The Bertz CT molecular complexity index is 950. The van der Waals surface area contributed by atoms with Crippen molar-refractivity contribution in [3.63, 3.8) is 0 Å². The molecule has 2 rings (SSSR count). The van der Waals surface area contributed by atoms with Gasteiger partial charge >= 0.3 is 6.09 Å². The van der Waals surface area contributed by atoms with Crippen LogP contribution in [0.2, 0.25) is 0 Å². The van der Waals surface area contributed by atoms with Crippen molar-refractivity contribution in [1.29, 1.82) is 5.26 Å². The summed E-state index contributed by atoms with van der Waals surface area (Å²) in [6, 6.07) is 14.8. The Morgan fingerprint density at radius 2 is 1.81 bits per heavy atom. The predicted molar refractivity (Wildman–Crippen MR) is 138 cm³/mol. The van der Waals surface area contributed by atoms with Crippen molar-refractivity contribution in [2.75, 3.05) is 38.2 Å². The molecule has 8 heteroatoms. The standard InChI is InChI=1S/C28H38FN3O4/c1-2-36-28(34)32-27-24(20-30)18-23(19-25(27)29)26(33)21-31-15-9-3-4-10-16-35-17-11-8-14-22-12-6-5-7-13-22/h5-7,12-13,18-19,26,31,33H,2-4,8-11,14-17,21H2,1H3,(H,32,34). The molecule has 0 saturated carbocycles. The van der Waals surface area contributed by atoms with Gasteiger partial charge in [0, 0.05) is 19.8 Å². The number of benzene rings is 2. The Morgan fingerprint density at radius 1 is 1.08 bits per heavy atom. The minimum Gasteiger partial charge on any atom is -0.450 e. The van der Waals surface area contributed by atoms with Gasteiger partial charge < -0.3 is 19.9 Å². The first-order valence-electron chi connectivity index (χ1n) is 12.7. The van der Waals surface area contributed by atoms with E-state index in [0.717, 1.165) is 70.8 Å². The molecule has 7 nitrogen and oxygen atoms in total. The van der Waals surface area contributed by atoms with E-state index < -0.39 is 18.0 Å². The first-order valence-corrected chi connectivity index (χ1v) is 12.7. The number of unbranched alkanes of at least 4 members (excludes halogenated alkanes) is 4. The zero-order valence-electron chi connectivity index (χ0n) is 21.1. The summed E-state index contributed by atoms with van der Waals surface area (Å²) < 4.78 is 24.9. The number of rotatable bonds is 17. The van der Waals surface area contributed by atoms with Crippen molar-refractivity contribution in [2.45, 2.75) is 58.0 Å². The quantitative estimate of drug-likeness (QED) is 0.249. The summed E-state index contributed by atoms with van der Waals surface area (Å²) in [5.41, 5.74) is 1.32. The summed E-state index contributed by atoms with van der Waals surface area (Å²) in [5, 5.41) is 25.1. The summed E-state index contributed by atoms with van der Waals surface area (Å²) in [4.78, 5) is 11.6. The van der Waals surface area contributed by atoms with Gasteiger partial charge in [-0.3, -0.25) is 5.32 Å². The van der Waals surface area contributed by atoms with Crippen molar-refractivity contribution in [2.24, 2.45) is 0 Å². The second-order valence-electron chi connectivity index (χ2n) is 8.57. The summed E-state index contributed by atoms with van der Waals surface area (Å²) in [6.07, 6.45) is 5.63. The molecule has 0 aromatic heterocycles. The van der Waals surface area contributed by atoms with E-state index in [0.29, 0.717) is 0 Å². The number of aliphatic hydroxyl groups excluding tert-OH is 1. The molecule has 2 aromatic carbocycles. The number of carbonyl (C=O) groups excluding carboxylic acids is 1. The zero-order chi connectivity index (χ0) is 26.0. The highest BCUT2D eigenvalue weighted by Gasteiger charge is 2.17. The van der Waals surface area contributed by atoms with Gasteiger partial charge in [-0.05, 0) is 68.8 Å². The molecule has 0 aliphatic rings. The molecular weight excluding hydrogens is 461 g/mol. The van der Waals surface area contributed by atoms with Gasteiger partial charge in [0.25, 0.3) is 0 Å². The number of hydrogen-bond acceptors (Lipinski definition) is 6. The minimum atomic E-state index is -0.974. The maximum Gasteiger partial charge on any atom is 0.411 e. The highest BCUT2D eigenvalue weighted by atomic mass is 19.1. The molecule has 0 aliphatic heterocycles. The lowest BCUT2D eigenvalue weighted by molar-refractivity contribution is 0.126. The third kappa shape index (κ3) is 11.2. The number of aryl methyl sites for hydroxylation is 1. The Balaban J connectivity index is 1.53. The topological polar surface area (TPSA) is 104 Å². The number of nitrogens with zero attached hydrogens (tertiary/aromatic N) is 1. The second-order valence-corrected chi connectivity index (χ2v) is 8.57. The van der Waals surface area contributed by atoms with Crippen molar-refractivity contribution in [3.05, 3.63) is 65.0 Å². The minimum absolute atomic E-state index is 0.0736. The Labute approximate surface area is 213 Å². The molecule has 1 atom stereocenters. The van der Waals surface area contributed by atoms with Crippen LogP contribution in [0.15, 0.2) is 42.5 Å². The van der Waals surface area contributed by atoms with Gasteiger partial charge in [0.15, 0.2) is 0 Å². The van der Waals surface area contributed by atoms with Gasteiger partial charge in [0.2, 0.25) is 0 Å². The average molecular weight is 500 g/mol. The van der Waals surface area contributed by atoms with Crippen LogP contribution in [0.1, 0.15) is 68.2 Å². The smallest absolute Gasteiger partial charge is 0.411 e. The van der Waals surface area contributed by atoms with Crippen LogP contribution < -0.4 is 10.6 Å². The molecule has 0 heterocycles. The molecule has 0 saturated heterocycles. The van der Waals surface area contributed by atoms with E-state index in [2.05, 4.69) is 34.9 Å². The lowest BCUT2D eigenvalue weighted by atomic mass is 10.0. The van der Waals surface area contributed by atoms with E-state index in [4.69, 9.17) is 9.47 Å². The number of ether oxygens (including phenoxy) is 2. The van der Waals surface area contributed by atoms with Crippen molar-refractivity contribution < 1.29 is 23.8 Å². The summed E-state index contributed by atoms with van der Waals surface area (Å²) >= 11 is 0. The van der Waals surface area contributed by atoms with Gasteiger partial charge in [-0.2, -0.15) is 5.26 Å². The summed E-state index contributed by atoms with van der Waals surface area (Å²) in [6.45, 7) is 4.31. The highest BCUT2D eigenvalue weighted by Crippen LogP contribution is 2.25. The SMILES string of the molecule is CCOC(=O)Nc1c(F)cc(C(O)CNCCCCCCOCCCCc2ccccc2)cc1C#N. The Morgan fingerprint density at radius 3 is 2.53 bits per heavy atom. The van der Waals surface area contributed by atoms with Gasteiger partial charge in [0.05, 0.1) is 24.0 Å². The molecular formula is C28H38FN3O4. The van der Waals surface area contributed by atoms with E-state index in [-0.39, 0.29) is 30.0 Å². The molecule has 0 bridgehead atoms. The van der Waals surface area contributed by atoms with E-state index in [1.807, 2.05) is 12.1 Å². The van der Waals surface area contributed by atoms with Crippen molar-refractivity contribution in [1.82, 2.24) is 5.32 Å². The normalized spacial score (nSPS) is 11.6. The zero-order valence-corrected chi connectivity index (χ0v) is 21.1. The molecule has 196 valence electrons. The summed E-state index contributed by atoms with van der Waals surface area (Å²) in [7, 11) is 0. The van der Waals surface area contributed by atoms with E-state index in [9.17, 15) is 19.6 Å². The number of aliphatic hydroxyl groups is 1. The fourth-order valence-corrected chi connectivity index (χ4v) is 3.75. The lowest BCUT2D eigenvalue weighted by Crippen LogP contribution is -2.23. The number of hydrogen-bond donors (Lipinski definition) is 3. The number of amides is 1. The fourth-order valence-electron chi connectivity index (χ4n) is 3.75. The first-order chi connectivity index (χ1) is 17.5. The van der Waals surface area contributed by atoms with E-state index in [1.54, 1.807) is 6.92 Å². The van der Waals surface area contributed by atoms with Gasteiger partial charge in [-0.25, -0.2) is 9.18 Å². The summed E-state index contributed by atoms with van der Waals surface area (Å²) in [5.74, 6) is -0.797. The second kappa shape index (κ2) is 17.4. The fraction of sp³-hybridized carbons (Fsp3) is 0.500. The largest absolute Gasteiger partial charge is 0.450 e. The molecule has 2 aromatic rings. The van der Waals surface area contributed by atoms with Gasteiger partial charge in [-0.15, -0.1) is 0 Å². The van der Waals surface area contributed by atoms with Gasteiger partial charge in [-0.1, -0.05) is 43.2 Å². The van der Waals surface area contributed by atoms with Crippen LogP contribution in [0, 0.1) is 17.1 Å². The van der Waals surface area contributed by atoms with Crippen molar-refractivity contribution >= 4 is 11.8 Å². The third-order valence-corrected chi connectivity index (χ3v) is 5.70. The first kappa shape index (κ1) is 29.2. The van der Waals surface area contributed by atoms with Crippen LogP contribution in [-0.4, -0.2) is 44.1 Å². The number of carbonyl (C=O) groups is 1. The van der Waals surface area contributed by atoms with E-state index >= 15 is 0 Å². The maximum absolute atomic E-state index is 14.4. The van der Waals surface area contributed by atoms with Crippen LogP contribution in [0.3, 0.4) is 0 Å². The average Bonchev–Trinajstić information content (AvgIpc) is 2.88. The van der Waals surface area contributed by atoms with Crippen LogP contribution in [0.25, 0.3) is 0 Å². The van der Waals surface area contributed by atoms with Crippen LogP contribution >= 0.6 is 0 Å². The van der Waals surface area contributed by atoms with Gasteiger partial charge in [0.1, 0.15) is 11.9 Å². The Hall–Kier alpha value is -2.99. The third-order valence-electron chi connectivity index (χ3n) is 5.70. The number of nitriles is 1. The Kier molecular flexibility index (Phi) is 14.2. The molecule has 3 N–H and O–H groups in total. The van der Waals surface area contributed by atoms with E-state index in [1.165, 1.54) is 11.6 Å². The number of nitrogens with one attached hydrogen (secondary N) is 2. The molecule has 36 heavy (non-hydrogen) atoms. The maximum atomic E-state index is 14.4. The monoisotopic (exact) mass is 499 g/mol. The molecule has 1 amide bonds. The molecule has 1 unspecified atom stereocenters. The van der Waals surface area contributed by atoms with Crippen LogP contribution in [0.5, 0.6) is 0 Å². The van der Waals surface area contributed by atoms with Crippen LogP contribution in [0.4, 0.5) is 14.9 Å². The molecule has 0 radical (unpaired) electrons. The van der Waals surface area contributed by atoms with Crippen molar-refractivity contribution in [3.8, 4) is 6.07 Å². The van der Waals surface area contributed by atoms with Crippen LogP contribution in [-0.2, 0) is 15.9 Å². The highest BCUT2D eigenvalue weighted by molar-refractivity contribution is 5.86. The molecule has 0 aliphatic carbocycles. The predicted octanol–water partition coefficient (Wildman–Crippen LogP) is 5.49.